The topological polar surface area (TPSA) is 58.3 Å². The van der Waals surface area contributed by atoms with E-state index in [1.165, 1.54) is 0 Å². The maximum Gasteiger partial charge on any atom is 0.191 e. The van der Waals surface area contributed by atoms with Crippen LogP contribution in [0.5, 0.6) is 5.75 Å². The van der Waals surface area contributed by atoms with Gasteiger partial charge in [-0.15, -0.1) is 0 Å². The van der Waals surface area contributed by atoms with E-state index >= 15 is 0 Å². The van der Waals surface area contributed by atoms with Crippen LogP contribution in [0.4, 0.5) is 5.69 Å². The van der Waals surface area contributed by atoms with Crippen molar-refractivity contribution in [3.8, 4) is 17.0 Å². The van der Waals surface area contributed by atoms with Gasteiger partial charge in [0.1, 0.15) is 17.7 Å². The Bertz CT molecular complexity index is 733. The first-order valence-electron chi connectivity index (χ1n) is 6.76. The number of oxazole rings is 1. The molecule has 0 aliphatic heterocycles. The van der Waals surface area contributed by atoms with Crippen molar-refractivity contribution in [2.24, 2.45) is 0 Å². The molecule has 0 fully saturated rings. The lowest BCUT2D eigenvalue weighted by Gasteiger charge is -2.08. The Balaban J connectivity index is 1.69. The van der Waals surface area contributed by atoms with E-state index in [1.807, 2.05) is 49.4 Å². The average molecular weight is 280 g/mol. The molecule has 0 saturated carbocycles. The largest absolute Gasteiger partial charge is 0.508 e. The Morgan fingerprint density at radius 3 is 2.52 bits per heavy atom. The summed E-state index contributed by atoms with van der Waals surface area (Å²) in [4.78, 5) is 4.30. The highest BCUT2D eigenvalue weighted by atomic mass is 16.3. The molecule has 0 spiro atoms. The fourth-order valence-corrected chi connectivity index (χ4v) is 2.11. The Hall–Kier alpha value is -2.75. The summed E-state index contributed by atoms with van der Waals surface area (Å²) in [7, 11) is 0. The smallest absolute Gasteiger partial charge is 0.191 e. The first kappa shape index (κ1) is 13.2. The van der Waals surface area contributed by atoms with Crippen LogP contribution in [-0.2, 0) is 6.54 Å². The Morgan fingerprint density at radius 1 is 1.10 bits per heavy atom. The Morgan fingerprint density at radius 2 is 1.86 bits per heavy atom. The van der Waals surface area contributed by atoms with E-state index in [9.17, 15) is 5.11 Å². The van der Waals surface area contributed by atoms with E-state index in [0.717, 1.165) is 22.5 Å². The van der Waals surface area contributed by atoms with Crippen molar-refractivity contribution in [2.45, 2.75) is 13.5 Å². The van der Waals surface area contributed by atoms with E-state index in [-0.39, 0.29) is 0 Å². The van der Waals surface area contributed by atoms with Gasteiger partial charge >= 0.3 is 0 Å². The van der Waals surface area contributed by atoms with Crippen LogP contribution in [0, 0.1) is 6.92 Å². The summed E-state index contributed by atoms with van der Waals surface area (Å²) < 4.78 is 5.21. The number of hydrogen-bond donors (Lipinski definition) is 2. The van der Waals surface area contributed by atoms with Crippen molar-refractivity contribution in [3.63, 3.8) is 0 Å². The number of para-hydroxylation sites is 1. The van der Waals surface area contributed by atoms with Crippen molar-refractivity contribution in [2.75, 3.05) is 5.32 Å². The lowest BCUT2D eigenvalue weighted by atomic mass is 10.1. The third kappa shape index (κ3) is 3.05. The number of phenolic OH excluding ortho intramolecular Hbond substituents is 1. The lowest BCUT2D eigenvalue weighted by Crippen LogP contribution is -1.99. The third-order valence-corrected chi connectivity index (χ3v) is 3.27. The summed E-state index contributed by atoms with van der Waals surface area (Å²) in [6, 6.07) is 15.3. The van der Waals surface area contributed by atoms with Crippen LogP contribution >= 0.6 is 0 Å². The van der Waals surface area contributed by atoms with Gasteiger partial charge in [0.15, 0.2) is 5.89 Å². The summed E-state index contributed by atoms with van der Waals surface area (Å²) >= 11 is 0. The zero-order valence-electron chi connectivity index (χ0n) is 11.7. The number of phenols is 1. The SMILES string of the molecule is Cc1nc(-c2ccc(NCc3ccccc3O)cc2)co1. The van der Waals surface area contributed by atoms with Crippen molar-refractivity contribution < 1.29 is 9.52 Å². The maximum atomic E-state index is 9.72. The molecule has 4 nitrogen and oxygen atoms in total. The molecule has 3 aromatic rings. The van der Waals surface area contributed by atoms with Gasteiger partial charge in [0.05, 0.1) is 0 Å². The normalized spacial score (nSPS) is 10.5. The molecule has 0 aliphatic carbocycles. The second-order valence-corrected chi connectivity index (χ2v) is 4.81. The molecule has 106 valence electrons. The molecule has 2 N–H and O–H groups in total. The summed E-state index contributed by atoms with van der Waals surface area (Å²) in [5.41, 5.74) is 3.70. The minimum absolute atomic E-state index is 0.305. The first-order chi connectivity index (χ1) is 10.2. The van der Waals surface area contributed by atoms with Gasteiger partial charge in [0.2, 0.25) is 0 Å². The number of aromatic hydroxyl groups is 1. The van der Waals surface area contributed by atoms with E-state index in [1.54, 1.807) is 12.3 Å². The molecule has 0 saturated heterocycles. The molecule has 0 unspecified atom stereocenters. The van der Waals surface area contributed by atoms with Gasteiger partial charge in [0, 0.05) is 30.3 Å². The van der Waals surface area contributed by atoms with E-state index in [4.69, 9.17) is 4.42 Å². The highest BCUT2D eigenvalue weighted by Crippen LogP contribution is 2.22. The van der Waals surface area contributed by atoms with Gasteiger partial charge in [-0.05, 0) is 18.2 Å². The van der Waals surface area contributed by atoms with Gasteiger partial charge in [-0.1, -0.05) is 30.3 Å². The highest BCUT2D eigenvalue weighted by Gasteiger charge is 2.04. The summed E-state index contributed by atoms with van der Waals surface area (Å²) in [5, 5.41) is 13.0. The number of nitrogens with one attached hydrogen (secondary N) is 1. The molecule has 1 heterocycles. The van der Waals surface area contributed by atoms with E-state index in [0.29, 0.717) is 18.2 Å². The van der Waals surface area contributed by atoms with Crippen LogP contribution in [0.1, 0.15) is 11.5 Å². The van der Waals surface area contributed by atoms with Crippen molar-refractivity contribution in [3.05, 3.63) is 66.2 Å². The Labute approximate surface area is 123 Å². The number of hydrogen-bond acceptors (Lipinski definition) is 4. The van der Waals surface area contributed by atoms with Crippen LogP contribution in [-0.4, -0.2) is 10.1 Å². The molecule has 0 bridgehead atoms. The van der Waals surface area contributed by atoms with Crippen LogP contribution < -0.4 is 5.32 Å². The summed E-state index contributed by atoms with van der Waals surface area (Å²) in [6.45, 7) is 2.40. The fourth-order valence-electron chi connectivity index (χ4n) is 2.11. The Kier molecular flexibility index (Phi) is 3.60. The first-order valence-corrected chi connectivity index (χ1v) is 6.76. The van der Waals surface area contributed by atoms with Gasteiger partial charge in [-0.2, -0.15) is 0 Å². The van der Waals surface area contributed by atoms with Crippen LogP contribution in [0.2, 0.25) is 0 Å². The number of benzene rings is 2. The number of anilines is 1. The van der Waals surface area contributed by atoms with Gasteiger partial charge in [0.25, 0.3) is 0 Å². The molecule has 0 amide bonds. The molecule has 0 aliphatic rings. The fraction of sp³-hybridized carbons (Fsp3) is 0.118. The second kappa shape index (κ2) is 5.71. The summed E-state index contributed by atoms with van der Waals surface area (Å²) in [5.74, 6) is 0.964. The molecule has 4 heteroatoms. The number of aryl methyl sites for hydroxylation is 1. The lowest BCUT2D eigenvalue weighted by molar-refractivity contribution is 0.469. The predicted octanol–water partition coefficient (Wildman–Crippen LogP) is 3.97. The second-order valence-electron chi connectivity index (χ2n) is 4.81. The molecule has 2 aromatic carbocycles. The quantitative estimate of drug-likeness (QED) is 0.759. The van der Waals surface area contributed by atoms with Crippen LogP contribution in [0.15, 0.2) is 59.2 Å². The van der Waals surface area contributed by atoms with E-state index < -0.39 is 0 Å². The number of aromatic nitrogens is 1. The van der Waals surface area contributed by atoms with E-state index in [2.05, 4.69) is 10.3 Å². The van der Waals surface area contributed by atoms with Gasteiger partial charge in [-0.3, -0.25) is 0 Å². The standard InChI is InChI=1S/C17H16N2O2/c1-12-19-16(11-21-12)13-6-8-15(9-7-13)18-10-14-4-2-3-5-17(14)20/h2-9,11,18,20H,10H2,1H3. The predicted molar refractivity (Wildman–Crippen MR) is 82.1 cm³/mol. The van der Waals surface area contributed by atoms with Crippen molar-refractivity contribution >= 4 is 5.69 Å². The molecule has 21 heavy (non-hydrogen) atoms. The van der Waals surface area contributed by atoms with Crippen molar-refractivity contribution in [1.82, 2.24) is 4.98 Å². The van der Waals surface area contributed by atoms with Crippen molar-refractivity contribution in [1.29, 1.82) is 0 Å². The molecular formula is C17H16N2O2. The highest BCUT2D eigenvalue weighted by molar-refractivity contribution is 5.61. The molecule has 1 aromatic heterocycles. The minimum Gasteiger partial charge on any atom is -0.508 e. The van der Waals surface area contributed by atoms with Gasteiger partial charge < -0.3 is 14.8 Å². The zero-order valence-corrected chi connectivity index (χ0v) is 11.7. The average Bonchev–Trinajstić information content (AvgIpc) is 2.94. The monoisotopic (exact) mass is 280 g/mol. The van der Waals surface area contributed by atoms with Crippen LogP contribution in [0.25, 0.3) is 11.3 Å². The zero-order chi connectivity index (χ0) is 14.7. The van der Waals surface area contributed by atoms with Crippen LogP contribution in [0.3, 0.4) is 0 Å². The maximum absolute atomic E-state index is 9.72. The molecular weight excluding hydrogens is 264 g/mol. The number of nitrogens with zero attached hydrogens (tertiary/aromatic N) is 1. The summed E-state index contributed by atoms with van der Waals surface area (Å²) in [6.07, 6.45) is 1.65. The number of rotatable bonds is 4. The third-order valence-electron chi connectivity index (χ3n) is 3.27. The minimum atomic E-state index is 0.305. The molecule has 3 rings (SSSR count). The van der Waals surface area contributed by atoms with Gasteiger partial charge in [-0.25, -0.2) is 4.98 Å². The molecule has 0 atom stereocenters. The molecule has 0 radical (unpaired) electrons.